The number of carbonyl (C=O) groups excluding carboxylic acids is 2. The van der Waals surface area contributed by atoms with Gasteiger partial charge in [-0.15, -0.1) is 0 Å². The van der Waals surface area contributed by atoms with Gasteiger partial charge >= 0.3 is 11.9 Å². The van der Waals surface area contributed by atoms with Gasteiger partial charge in [0.1, 0.15) is 0 Å². The summed E-state index contributed by atoms with van der Waals surface area (Å²) in [4.78, 5) is 25.3. The van der Waals surface area contributed by atoms with Crippen molar-refractivity contribution in [1.29, 1.82) is 0 Å². The number of rotatable bonds is 38. The van der Waals surface area contributed by atoms with Crippen LogP contribution in [0.3, 0.4) is 0 Å². The van der Waals surface area contributed by atoms with Gasteiger partial charge in [-0.05, 0) is 19.3 Å². The van der Waals surface area contributed by atoms with Gasteiger partial charge < -0.3 is 9.47 Å². The number of unbranched alkanes of at least 4 members (excludes halogenated alkanes) is 30. The third-order valence-electron chi connectivity index (χ3n) is 9.54. The van der Waals surface area contributed by atoms with Crippen LogP contribution >= 0.6 is 0 Å². The molecule has 0 saturated carbocycles. The molecule has 0 aliphatic heterocycles. The molecule has 0 radical (unpaired) electrons. The summed E-state index contributed by atoms with van der Waals surface area (Å²) in [6.07, 6.45) is 42.6. The number of hydrogen-bond donors (Lipinski definition) is 0. The van der Waals surface area contributed by atoms with Crippen molar-refractivity contribution in [2.45, 2.75) is 258 Å². The Kier molecular flexibility index (Phi) is 37.5. The highest BCUT2D eigenvalue weighted by molar-refractivity contribution is 5.71. The first kappa shape index (κ1) is 44.9. The number of ether oxygens (including phenoxy) is 2. The summed E-state index contributed by atoms with van der Waals surface area (Å²) in [5, 5.41) is 0. The minimum absolute atomic E-state index is 0.203. The van der Waals surface area contributed by atoms with E-state index in [4.69, 9.17) is 9.47 Å². The van der Waals surface area contributed by atoms with Gasteiger partial charge in [0.25, 0.3) is 0 Å². The van der Waals surface area contributed by atoms with Gasteiger partial charge in [0.15, 0.2) is 0 Å². The lowest BCUT2D eigenvalue weighted by Gasteiger charge is -2.18. The number of esters is 2. The third kappa shape index (κ3) is 35.8. The van der Waals surface area contributed by atoms with E-state index in [9.17, 15) is 9.59 Å². The molecule has 0 aromatic carbocycles. The minimum Gasteiger partial charge on any atom is -0.425 e. The smallest absolute Gasteiger partial charge is 0.308 e. The Morgan fingerprint density at radius 3 is 0.804 bits per heavy atom. The van der Waals surface area contributed by atoms with E-state index in [0.717, 1.165) is 38.5 Å². The lowest BCUT2D eigenvalue weighted by atomic mass is 10.0. The highest BCUT2D eigenvalue weighted by Crippen LogP contribution is 2.17. The Bertz CT molecular complexity index is 577. The van der Waals surface area contributed by atoms with Crippen molar-refractivity contribution in [2.75, 3.05) is 0 Å². The largest absolute Gasteiger partial charge is 0.425 e. The molecule has 4 nitrogen and oxygen atoms in total. The van der Waals surface area contributed by atoms with Gasteiger partial charge in [-0.2, -0.15) is 0 Å². The summed E-state index contributed by atoms with van der Waals surface area (Å²) in [5.74, 6) is -0.405. The van der Waals surface area contributed by atoms with Crippen molar-refractivity contribution < 1.29 is 19.1 Å². The molecule has 4 heteroatoms. The van der Waals surface area contributed by atoms with E-state index < -0.39 is 6.29 Å². The minimum atomic E-state index is -0.709. The molecular formula is C42H82O4. The van der Waals surface area contributed by atoms with Gasteiger partial charge in [-0.25, -0.2) is 0 Å². The van der Waals surface area contributed by atoms with Crippen LogP contribution in [-0.2, 0) is 19.1 Å². The molecule has 0 rings (SSSR count). The fourth-order valence-corrected chi connectivity index (χ4v) is 6.40. The topological polar surface area (TPSA) is 52.6 Å². The molecule has 0 unspecified atom stereocenters. The second kappa shape index (κ2) is 38.4. The lowest BCUT2D eigenvalue weighted by Crippen LogP contribution is -2.24. The molecule has 0 amide bonds. The van der Waals surface area contributed by atoms with Crippen molar-refractivity contribution in [1.82, 2.24) is 0 Å². The van der Waals surface area contributed by atoms with E-state index in [1.54, 1.807) is 0 Å². The zero-order valence-electron chi connectivity index (χ0n) is 31.7. The second-order valence-electron chi connectivity index (χ2n) is 14.3. The lowest BCUT2D eigenvalue weighted by molar-refractivity contribution is -0.189. The van der Waals surface area contributed by atoms with Gasteiger partial charge in [-0.1, -0.05) is 213 Å². The second-order valence-corrected chi connectivity index (χ2v) is 14.3. The maximum Gasteiger partial charge on any atom is 0.308 e. The molecular weight excluding hydrogens is 568 g/mol. The molecule has 0 aromatic rings. The molecule has 0 atom stereocenters. The van der Waals surface area contributed by atoms with Crippen LogP contribution < -0.4 is 0 Å². The van der Waals surface area contributed by atoms with Crippen LogP contribution in [0.25, 0.3) is 0 Å². The van der Waals surface area contributed by atoms with E-state index in [2.05, 4.69) is 20.8 Å². The SMILES string of the molecule is CCCCCCCCCCCCCCC(=O)OC(CCCCCCCCCCC)OC(=O)CCCCCCCCCCCCCC. The van der Waals surface area contributed by atoms with Gasteiger partial charge in [0, 0.05) is 19.3 Å². The zero-order chi connectivity index (χ0) is 33.6. The molecule has 0 heterocycles. The molecule has 0 fully saturated rings. The summed E-state index contributed by atoms with van der Waals surface area (Å²) in [6, 6.07) is 0. The Morgan fingerprint density at radius 1 is 0.326 bits per heavy atom. The predicted molar refractivity (Wildman–Crippen MR) is 199 cm³/mol. The molecule has 0 aromatic heterocycles. The van der Waals surface area contributed by atoms with Crippen LogP contribution in [0.15, 0.2) is 0 Å². The highest BCUT2D eigenvalue weighted by Gasteiger charge is 2.18. The average molecular weight is 651 g/mol. The Hall–Kier alpha value is -1.06. The van der Waals surface area contributed by atoms with Crippen LogP contribution in [0.5, 0.6) is 0 Å². The van der Waals surface area contributed by atoms with Crippen LogP contribution in [0, 0.1) is 0 Å². The fourth-order valence-electron chi connectivity index (χ4n) is 6.40. The average Bonchev–Trinajstić information content (AvgIpc) is 3.05. The molecule has 0 bridgehead atoms. The summed E-state index contributed by atoms with van der Waals surface area (Å²) in [6.45, 7) is 6.80. The third-order valence-corrected chi connectivity index (χ3v) is 9.54. The van der Waals surface area contributed by atoms with Crippen molar-refractivity contribution in [3.63, 3.8) is 0 Å². The van der Waals surface area contributed by atoms with E-state index in [0.29, 0.717) is 19.3 Å². The maximum atomic E-state index is 12.6. The Labute approximate surface area is 288 Å². The molecule has 0 spiro atoms. The number of carbonyl (C=O) groups is 2. The molecule has 274 valence electrons. The van der Waals surface area contributed by atoms with Crippen LogP contribution in [0.1, 0.15) is 252 Å². The van der Waals surface area contributed by atoms with Crippen molar-refractivity contribution in [2.24, 2.45) is 0 Å². The van der Waals surface area contributed by atoms with E-state index >= 15 is 0 Å². The van der Waals surface area contributed by atoms with Gasteiger partial charge in [0.2, 0.25) is 6.29 Å². The van der Waals surface area contributed by atoms with Crippen molar-refractivity contribution in [3.8, 4) is 0 Å². The van der Waals surface area contributed by atoms with Gasteiger partial charge in [0.05, 0.1) is 0 Å². The molecule has 0 saturated heterocycles. The molecule has 0 aliphatic rings. The van der Waals surface area contributed by atoms with Crippen LogP contribution in [0.2, 0.25) is 0 Å². The first-order valence-corrected chi connectivity index (χ1v) is 21.0. The normalized spacial score (nSPS) is 11.4. The molecule has 46 heavy (non-hydrogen) atoms. The van der Waals surface area contributed by atoms with E-state index in [-0.39, 0.29) is 11.9 Å². The quantitative estimate of drug-likeness (QED) is 0.0379. The zero-order valence-corrected chi connectivity index (χ0v) is 31.7. The molecule has 0 N–H and O–H groups in total. The Morgan fingerprint density at radius 2 is 0.543 bits per heavy atom. The van der Waals surface area contributed by atoms with Crippen LogP contribution in [0.4, 0.5) is 0 Å². The van der Waals surface area contributed by atoms with Crippen LogP contribution in [-0.4, -0.2) is 18.2 Å². The first-order chi connectivity index (χ1) is 22.6. The number of hydrogen-bond acceptors (Lipinski definition) is 4. The van der Waals surface area contributed by atoms with E-state index in [1.165, 1.54) is 173 Å². The highest BCUT2D eigenvalue weighted by atomic mass is 16.7. The Balaban J connectivity index is 4.16. The summed E-state index contributed by atoms with van der Waals surface area (Å²) in [5.41, 5.74) is 0. The monoisotopic (exact) mass is 651 g/mol. The summed E-state index contributed by atoms with van der Waals surface area (Å²) < 4.78 is 11.4. The molecule has 0 aliphatic carbocycles. The fraction of sp³-hybridized carbons (Fsp3) is 0.952. The predicted octanol–water partition coefficient (Wildman–Crippen LogP) is 14.5. The van der Waals surface area contributed by atoms with Crippen molar-refractivity contribution in [3.05, 3.63) is 0 Å². The maximum absolute atomic E-state index is 12.6. The van der Waals surface area contributed by atoms with Gasteiger partial charge in [-0.3, -0.25) is 9.59 Å². The summed E-state index contributed by atoms with van der Waals surface area (Å²) in [7, 11) is 0. The van der Waals surface area contributed by atoms with E-state index in [1.807, 2.05) is 0 Å². The van der Waals surface area contributed by atoms with Crippen molar-refractivity contribution >= 4 is 11.9 Å². The standard InChI is InChI=1S/C42H82O4/c1-4-7-10-13-16-19-21-23-26-28-31-34-37-40(43)45-42(39-36-33-30-25-18-15-12-9-6-3)46-41(44)38-35-32-29-27-24-22-20-17-14-11-8-5-2/h42H,4-39H2,1-3H3. The first-order valence-electron chi connectivity index (χ1n) is 21.0. The summed E-state index contributed by atoms with van der Waals surface area (Å²) >= 11 is 0.